The molecule has 1 heterocycles. The lowest BCUT2D eigenvalue weighted by atomic mass is 10.1. The Morgan fingerprint density at radius 1 is 1.28 bits per heavy atom. The Balaban J connectivity index is 1.73. The molecule has 1 aliphatic rings. The molecule has 1 aromatic rings. The first-order valence-corrected chi connectivity index (χ1v) is 6.89. The fraction of sp³-hybridized carbons (Fsp3) is 0.600. The molecule has 2 rings (SSSR count). The van der Waals surface area contributed by atoms with E-state index in [4.69, 9.17) is 10.5 Å². The number of ether oxygens (including phenoxy) is 1. The Hall–Kier alpha value is -0.900. The highest BCUT2D eigenvalue weighted by Crippen LogP contribution is 2.17. The average molecular weight is 248 g/mol. The van der Waals surface area contributed by atoms with Crippen molar-refractivity contribution in [3.8, 4) is 0 Å². The molecule has 1 saturated heterocycles. The summed E-state index contributed by atoms with van der Waals surface area (Å²) in [7, 11) is 0. The molecule has 0 saturated carbocycles. The Morgan fingerprint density at radius 2 is 1.94 bits per heavy atom. The largest absolute Gasteiger partial charge is 0.374 e. The Kier molecular flexibility index (Phi) is 5.17. The third kappa shape index (κ3) is 4.09. The number of hydrogen-bond acceptors (Lipinski definition) is 3. The van der Waals surface area contributed by atoms with Crippen LogP contribution in [0.5, 0.6) is 0 Å². The quantitative estimate of drug-likeness (QED) is 0.866. The van der Waals surface area contributed by atoms with Gasteiger partial charge in [-0.25, -0.2) is 0 Å². The average Bonchev–Trinajstić information content (AvgIpc) is 2.42. The zero-order valence-corrected chi connectivity index (χ0v) is 11.2. The highest BCUT2D eigenvalue weighted by Gasteiger charge is 2.20. The van der Waals surface area contributed by atoms with Gasteiger partial charge in [-0.15, -0.1) is 0 Å². The predicted octanol–water partition coefficient (Wildman–Crippen LogP) is 2.01. The van der Waals surface area contributed by atoms with Crippen molar-refractivity contribution >= 4 is 0 Å². The van der Waals surface area contributed by atoms with Crippen LogP contribution in [0.4, 0.5) is 0 Å². The third-order valence-corrected chi connectivity index (χ3v) is 3.54. The van der Waals surface area contributed by atoms with Crippen LogP contribution in [0.3, 0.4) is 0 Å². The number of piperidine rings is 1. The van der Waals surface area contributed by atoms with Crippen molar-refractivity contribution in [2.24, 2.45) is 5.73 Å². The Bertz CT molecular complexity index is 334. The lowest BCUT2D eigenvalue weighted by Gasteiger charge is -2.33. The molecule has 1 aliphatic heterocycles. The lowest BCUT2D eigenvalue weighted by molar-refractivity contribution is -0.0316. The van der Waals surface area contributed by atoms with Crippen molar-refractivity contribution in [1.29, 1.82) is 0 Å². The molecule has 0 bridgehead atoms. The maximum absolute atomic E-state index is 5.89. The van der Waals surface area contributed by atoms with E-state index in [2.05, 4.69) is 42.2 Å². The Labute approximate surface area is 110 Å². The molecule has 3 nitrogen and oxygen atoms in total. The van der Waals surface area contributed by atoms with E-state index in [9.17, 15) is 0 Å². The van der Waals surface area contributed by atoms with Crippen molar-refractivity contribution in [3.05, 3.63) is 35.9 Å². The molecule has 0 spiro atoms. The van der Waals surface area contributed by atoms with Crippen LogP contribution in [0.2, 0.25) is 0 Å². The van der Waals surface area contributed by atoms with Gasteiger partial charge in [-0.2, -0.15) is 0 Å². The predicted molar refractivity (Wildman–Crippen MR) is 74.3 cm³/mol. The maximum Gasteiger partial charge on any atom is 0.0672 e. The van der Waals surface area contributed by atoms with Crippen molar-refractivity contribution in [3.63, 3.8) is 0 Å². The molecular weight excluding hydrogens is 224 g/mol. The van der Waals surface area contributed by atoms with Gasteiger partial charge in [-0.3, -0.25) is 4.90 Å². The number of nitrogens with zero attached hydrogens (tertiary/aromatic N) is 1. The second-order valence-electron chi connectivity index (χ2n) is 5.14. The van der Waals surface area contributed by atoms with Crippen molar-refractivity contribution in [1.82, 2.24) is 4.90 Å². The summed E-state index contributed by atoms with van der Waals surface area (Å²) < 4.78 is 5.89. The van der Waals surface area contributed by atoms with E-state index in [-0.39, 0.29) is 6.10 Å². The summed E-state index contributed by atoms with van der Waals surface area (Å²) in [6.07, 6.45) is 2.83. The van der Waals surface area contributed by atoms with Crippen LogP contribution in [-0.2, 0) is 11.3 Å². The molecule has 0 aromatic heterocycles. The van der Waals surface area contributed by atoms with Crippen molar-refractivity contribution < 1.29 is 4.74 Å². The summed E-state index contributed by atoms with van der Waals surface area (Å²) >= 11 is 0. The fourth-order valence-corrected chi connectivity index (χ4v) is 2.43. The SMILES string of the molecule is CC(CN)OC1CCN(Cc2ccccc2)CC1. The number of benzene rings is 1. The number of hydrogen-bond donors (Lipinski definition) is 1. The van der Waals surface area contributed by atoms with Gasteiger partial charge in [0.2, 0.25) is 0 Å². The van der Waals surface area contributed by atoms with E-state index >= 15 is 0 Å². The van der Waals surface area contributed by atoms with Gasteiger partial charge in [0, 0.05) is 26.2 Å². The van der Waals surface area contributed by atoms with E-state index in [1.165, 1.54) is 5.56 Å². The fourth-order valence-electron chi connectivity index (χ4n) is 2.43. The lowest BCUT2D eigenvalue weighted by Crippen LogP contribution is -2.38. The summed E-state index contributed by atoms with van der Waals surface area (Å²) in [6.45, 7) is 5.97. The van der Waals surface area contributed by atoms with Crippen LogP contribution in [0.1, 0.15) is 25.3 Å². The van der Waals surface area contributed by atoms with Gasteiger partial charge in [-0.1, -0.05) is 30.3 Å². The maximum atomic E-state index is 5.89. The van der Waals surface area contributed by atoms with E-state index in [0.717, 1.165) is 32.5 Å². The molecule has 18 heavy (non-hydrogen) atoms. The first kappa shape index (κ1) is 13.5. The molecule has 100 valence electrons. The number of likely N-dealkylation sites (tertiary alicyclic amines) is 1. The van der Waals surface area contributed by atoms with Gasteiger partial charge in [0.25, 0.3) is 0 Å². The molecule has 0 amide bonds. The van der Waals surface area contributed by atoms with Gasteiger partial charge >= 0.3 is 0 Å². The second-order valence-corrected chi connectivity index (χ2v) is 5.14. The van der Waals surface area contributed by atoms with Crippen molar-refractivity contribution in [2.45, 2.75) is 38.5 Å². The highest BCUT2D eigenvalue weighted by molar-refractivity contribution is 5.14. The minimum Gasteiger partial charge on any atom is -0.374 e. The van der Waals surface area contributed by atoms with E-state index in [1.54, 1.807) is 0 Å². The molecule has 2 N–H and O–H groups in total. The van der Waals surface area contributed by atoms with Crippen LogP contribution >= 0.6 is 0 Å². The molecule has 1 fully saturated rings. The molecule has 1 aromatic carbocycles. The normalized spacial score (nSPS) is 19.9. The standard InChI is InChI=1S/C15H24N2O/c1-13(11-16)18-15-7-9-17(10-8-15)12-14-5-3-2-4-6-14/h2-6,13,15H,7-12,16H2,1H3. The summed E-state index contributed by atoms with van der Waals surface area (Å²) in [6, 6.07) is 10.7. The van der Waals surface area contributed by atoms with Crippen LogP contribution in [0.25, 0.3) is 0 Å². The summed E-state index contributed by atoms with van der Waals surface area (Å²) in [4.78, 5) is 2.50. The minimum atomic E-state index is 0.190. The van der Waals surface area contributed by atoms with Gasteiger partial charge in [0.15, 0.2) is 0 Å². The second kappa shape index (κ2) is 6.88. The molecule has 1 atom stereocenters. The molecule has 3 heteroatoms. The van der Waals surface area contributed by atoms with Crippen LogP contribution in [0.15, 0.2) is 30.3 Å². The monoisotopic (exact) mass is 248 g/mol. The van der Waals surface area contributed by atoms with E-state index in [0.29, 0.717) is 12.6 Å². The smallest absolute Gasteiger partial charge is 0.0672 e. The highest BCUT2D eigenvalue weighted by atomic mass is 16.5. The summed E-state index contributed by atoms with van der Waals surface area (Å²) in [5.74, 6) is 0. The molecular formula is C15H24N2O. The molecule has 0 aliphatic carbocycles. The van der Waals surface area contributed by atoms with Crippen LogP contribution in [-0.4, -0.2) is 36.7 Å². The summed E-state index contributed by atoms with van der Waals surface area (Å²) in [5.41, 5.74) is 6.98. The van der Waals surface area contributed by atoms with E-state index in [1.807, 2.05) is 0 Å². The number of rotatable bonds is 5. The van der Waals surface area contributed by atoms with Crippen LogP contribution < -0.4 is 5.73 Å². The van der Waals surface area contributed by atoms with Gasteiger partial charge in [-0.05, 0) is 25.3 Å². The first-order chi connectivity index (χ1) is 8.78. The Morgan fingerprint density at radius 3 is 2.56 bits per heavy atom. The van der Waals surface area contributed by atoms with Crippen LogP contribution in [0, 0.1) is 0 Å². The zero-order valence-electron chi connectivity index (χ0n) is 11.2. The van der Waals surface area contributed by atoms with Gasteiger partial charge in [0.05, 0.1) is 12.2 Å². The van der Waals surface area contributed by atoms with Gasteiger partial charge in [0.1, 0.15) is 0 Å². The molecule has 0 radical (unpaired) electrons. The minimum absolute atomic E-state index is 0.190. The van der Waals surface area contributed by atoms with E-state index < -0.39 is 0 Å². The zero-order chi connectivity index (χ0) is 12.8. The topological polar surface area (TPSA) is 38.5 Å². The number of nitrogens with two attached hydrogens (primary N) is 1. The van der Waals surface area contributed by atoms with Gasteiger partial charge < -0.3 is 10.5 Å². The van der Waals surface area contributed by atoms with Crippen molar-refractivity contribution in [2.75, 3.05) is 19.6 Å². The first-order valence-electron chi connectivity index (χ1n) is 6.89. The third-order valence-electron chi connectivity index (χ3n) is 3.54. The molecule has 1 unspecified atom stereocenters. The summed E-state index contributed by atoms with van der Waals surface area (Å²) in [5, 5.41) is 0.